The summed E-state index contributed by atoms with van der Waals surface area (Å²) in [4.78, 5) is 32.8. The maximum atomic E-state index is 11.2. The smallest absolute Gasteiger partial charge is 0.337 e. The molecule has 0 aliphatic carbocycles. The molecule has 16 heavy (non-hydrogen) atoms. The van der Waals surface area contributed by atoms with E-state index in [1.54, 1.807) is 0 Å². The molecule has 0 saturated carbocycles. The van der Waals surface area contributed by atoms with Crippen molar-refractivity contribution >= 4 is 23.9 Å². The van der Waals surface area contributed by atoms with E-state index in [0.29, 0.717) is 12.0 Å². The van der Waals surface area contributed by atoms with Gasteiger partial charge in [-0.05, 0) is 18.2 Å². The first-order valence-corrected chi connectivity index (χ1v) is 4.53. The number of rotatable bonds is 3. The van der Waals surface area contributed by atoms with Gasteiger partial charge in [0.2, 0.25) is 5.91 Å². The van der Waals surface area contributed by atoms with E-state index in [4.69, 9.17) is 0 Å². The van der Waals surface area contributed by atoms with Gasteiger partial charge in [-0.3, -0.25) is 9.59 Å². The Hall–Kier alpha value is -2.17. The van der Waals surface area contributed by atoms with E-state index < -0.39 is 5.97 Å². The van der Waals surface area contributed by atoms with E-state index >= 15 is 0 Å². The fourth-order valence-corrected chi connectivity index (χ4v) is 1.21. The average Bonchev–Trinajstić information content (AvgIpc) is 2.27. The number of hydrogen-bond acceptors (Lipinski definition) is 4. The molecule has 1 aromatic rings. The summed E-state index contributed by atoms with van der Waals surface area (Å²) < 4.78 is 4.51. The first-order valence-electron chi connectivity index (χ1n) is 4.53. The fraction of sp³-hybridized carbons (Fsp3) is 0.182. The van der Waals surface area contributed by atoms with Crippen molar-refractivity contribution in [3.8, 4) is 0 Å². The van der Waals surface area contributed by atoms with Crippen molar-refractivity contribution in [3.05, 3.63) is 29.3 Å². The number of anilines is 1. The van der Waals surface area contributed by atoms with Gasteiger partial charge in [-0.15, -0.1) is 0 Å². The normalized spacial score (nSPS) is 9.38. The van der Waals surface area contributed by atoms with Gasteiger partial charge in [0.25, 0.3) is 0 Å². The molecule has 0 radical (unpaired) electrons. The Morgan fingerprint density at radius 3 is 2.56 bits per heavy atom. The highest BCUT2D eigenvalue weighted by atomic mass is 16.5. The van der Waals surface area contributed by atoms with Crippen LogP contribution in [0.1, 0.15) is 27.6 Å². The molecule has 5 heteroatoms. The molecule has 0 atom stereocenters. The lowest BCUT2D eigenvalue weighted by molar-refractivity contribution is -0.114. The second-order valence-electron chi connectivity index (χ2n) is 3.09. The molecular formula is C11H11NO4. The Morgan fingerprint density at radius 1 is 1.38 bits per heavy atom. The first kappa shape index (κ1) is 11.9. The molecule has 0 aromatic heterocycles. The Labute approximate surface area is 92.4 Å². The molecule has 0 aliphatic heterocycles. The summed E-state index contributed by atoms with van der Waals surface area (Å²) in [6.07, 6.45) is 0.567. The fourth-order valence-electron chi connectivity index (χ4n) is 1.21. The molecule has 0 bridgehead atoms. The number of amides is 1. The minimum absolute atomic E-state index is 0.234. The third kappa shape index (κ3) is 2.66. The average molecular weight is 221 g/mol. The summed E-state index contributed by atoms with van der Waals surface area (Å²) in [6, 6.07) is 4.32. The largest absolute Gasteiger partial charge is 0.465 e. The minimum Gasteiger partial charge on any atom is -0.465 e. The topological polar surface area (TPSA) is 72.5 Å². The van der Waals surface area contributed by atoms with Gasteiger partial charge in [0, 0.05) is 12.5 Å². The second kappa shape index (κ2) is 5.06. The molecule has 84 valence electrons. The van der Waals surface area contributed by atoms with Crippen LogP contribution in [0.3, 0.4) is 0 Å². The lowest BCUT2D eigenvalue weighted by Crippen LogP contribution is -2.09. The van der Waals surface area contributed by atoms with Crippen molar-refractivity contribution < 1.29 is 19.1 Å². The van der Waals surface area contributed by atoms with Crippen molar-refractivity contribution in [2.24, 2.45) is 0 Å². The Morgan fingerprint density at radius 2 is 2.06 bits per heavy atom. The molecule has 1 aromatic carbocycles. The predicted molar refractivity (Wildman–Crippen MR) is 57.5 cm³/mol. The van der Waals surface area contributed by atoms with E-state index in [1.165, 1.54) is 32.2 Å². The number of aldehydes is 1. The van der Waals surface area contributed by atoms with Gasteiger partial charge in [-0.25, -0.2) is 4.79 Å². The minimum atomic E-state index is -0.530. The Balaban J connectivity index is 3.11. The molecule has 1 rings (SSSR count). The first-order chi connectivity index (χ1) is 7.58. The van der Waals surface area contributed by atoms with Crippen molar-refractivity contribution in [3.63, 3.8) is 0 Å². The molecule has 5 nitrogen and oxygen atoms in total. The third-order valence-corrected chi connectivity index (χ3v) is 1.91. The van der Waals surface area contributed by atoms with Crippen LogP contribution in [-0.4, -0.2) is 25.3 Å². The van der Waals surface area contributed by atoms with Gasteiger partial charge in [0.1, 0.15) is 0 Å². The number of methoxy groups -OCH3 is 1. The van der Waals surface area contributed by atoms with Gasteiger partial charge >= 0.3 is 5.97 Å². The molecule has 0 saturated heterocycles. The zero-order chi connectivity index (χ0) is 12.1. The van der Waals surface area contributed by atoms with Crippen LogP contribution in [-0.2, 0) is 9.53 Å². The standard InChI is InChI=1S/C11H11NO4/c1-7(14)12-10-4-3-8(11(15)16-2)5-9(10)6-13/h3-6H,1-2H3,(H,12,14). The van der Waals surface area contributed by atoms with E-state index in [1.807, 2.05) is 0 Å². The third-order valence-electron chi connectivity index (χ3n) is 1.91. The van der Waals surface area contributed by atoms with Crippen LogP contribution in [0.15, 0.2) is 18.2 Å². The van der Waals surface area contributed by atoms with Crippen LogP contribution >= 0.6 is 0 Å². The number of hydrogen-bond donors (Lipinski definition) is 1. The molecule has 0 spiro atoms. The summed E-state index contributed by atoms with van der Waals surface area (Å²) in [5.41, 5.74) is 0.868. The van der Waals surface area contributed by atoms with Gasteiger partial charge in [-0.2, -0.15) is 0 Å². The summed E-state index contributed by atoms with van der Waals surface area (Å²) >= 11 is 0. The molecule has 0 unspecified atom stereocenters. The highest BCUT2D eigenvalue weighted by molar-refractivity contribution is 5.98. The molecule has 1 amide bonds. The summed E-state index contributed by atoms with van der Waals surface area (Å²) in [5, 5.41) is 2.49. The van der Waals surface area contributed by atoms with E-state index in [2.05, 4.69) is 10.1 Å². The van der Waals surface area contributed by atoms with Crippen LogP contribution in [0.25, 0.3) is 0 Å². The predicted octanol–water partition coefficient (Wildman–Crippen LogP) is 1.24. The lowest BCUT2D eigenvalue weighted by Gasteiger charge is -2.06. The van der Waals surface area contributed by atoms with Crippen molar-refractivity contribution in [1.82, 2.24) is 0 Å². The Kier molecular flexibility index (Phi) is 3.77. The van der Waals surface area contributed by atoms with Crippen LogP contribution < -0.4 is 5.32 Å². The van der Waals surface area contributed by atoms with Crippen LogP contribution in [0, 0.1) is 0 Å². The van der Waals surface area contributed by atoms with Gasteiger partial charge in [0.15, 0.2) is 6.29 Å². The molecular weight excluding hydrogens is 210 g/mol. The summed E-state index contributed by atoms with van der Waals surface area (Å²) in [5.74, 6) is -0.814. The van der Waals surface area contributed by atoms with E-state index in [9.17, 15) is 14.4 Å². The number of benzene rings is 1. The maximum Gasteiger partial charge on any atom is 0.337 e. The maximum absolute atomic E-state index is 11.2. The highest BCUT2D eigenvalue weighted by Crippen LogP contribution is 2.16. The van der Waals surface area contributed by atoms with Gasteiger partial charge in [-0.1, -0.05) is 0 Å². The lowest BCUT2D eigenvalue weighted by atomic mass is 10.1. The van der Waals surface area contributed by atoms with E-state index in [-0.39, 0.29) is 17.0 Å². The summed E-state index contributed by atoms with van der Waals surface area (Å²) in [6.45, 7) is 1.34. The number of carbonyl (C=O) groups is 3. The molecule has 0 fully saturated rings. The SMILES string of the molecule is COC(=O)c1ccc(NC(C)=O)c(C=O)c1. The Bertz CT molecular complexity index is 440. The molecule has 1 N–H and O–H groups in total. The van der Waals surface area contributed by atoms with Crippen molar-refractivity contribution in [2.75, 3.05) is 12.4 Å². The number of carbonyl (C=O) groups excluding carboxylic acids is 3. The zero-order valence-electron chi connectivity index (χ0n) is 8.94. The quantitative estimate of drug-likeness (QED) is 0.615. The van der Waals surface area contributed by atoms with Crippen LogP contribution in [0.5, 0.6) is 0 Å². The zero-order valence-corrected chi connectivity index (χ0v) is 8.94. The number of ether oxygens (including phenoxy) is 1. The second-order valence-corrected chi connectivity index (χ2v) is 3.09. The van der Waals surface area contributed by atoms with Crippen LogP contribution in [0.2, 0.25) is 0 Å². The van der Waals surface area contributed by atoms with Crippen molar-refractivity contribution in [2.45, 2.75) is 6.92 Å². The van der Waals surface area contributed by atoms with Crippen molar-refractivity contribution in [1.29, 1.82) is 0 Å². The molecule has 0 aliphatic rings. The molecule has 0 heterocycles. The number of nitrogens with one attached hydrogen (secondary N) is 1. The van der Waals surface area contributed by atoms with Crippen LogP contribution in [0.4, 0.5) is 5.69 Å². The monoisotopic (exact) mass is 221 g/mol. The highest BCUT2D eigenvalue weighted by Gasteiger charge is 2.09. The van der Waals surface area contributed by atoms with Gasteiger partial charge < -0.3 is 10.1 Å². The number of esters is 1. The van der Waals surface area contributed by atoms with Gasteiger partial charge in [0.05, 0.1) is 18.4 Å². The summed E-state index contributed by atoms with van der Waals surface area (Å²) in [7, 11) is 1.25. The van der Waals surface area contributed by atoms with E-state index in [0.717, 1.165) is 0 Å².